The summed E-state index contributed by atoms with van der Waals surface area (Å²) in [6.45, 7) is 4.00. The molecule has 2 heterocycles. The fraction of sp³-hybridized carbons (Fsp3) is 0.143. The van der Waals surface area contributed by atoms with Crippen LogP contribution in [0.5, 0.6) is 5.75 Å². The minimum atomic E-state index is 0.215. The van der Waals surface area contributed by atoms with Crippen LogP contribution < -0.4 is 0 Å². The molecule has 0 aliphatic heterocycles. The van der Waals surface area contributed by atoms with E-state index in [4.69, 9.17) is 0 Å². The predicted molar refractivity (Wildman–Crippen MR) is 72.3 cm³/mol. The van der Waals surface area contributed by atoms with Gasteiger partial charge in [-0.3, -0.25) is 0 Å². The maximum atomic E-state index is 9.71. The number of para-hydroxylation sites is 1. The number of nitrogens with one attached hydrogen (secondary N) is 1. The minimum Gasteiger partial charge on any atom is -0.507 e. The van der Waals surface area contributed by atoms with E-state index in [1.54, 1.807) is 12.1 Å². The van der Waals surface area contributed by atoms with Crippen LogP contribution in [0.15, 0.2) is 42.6 Å². The fourth-order valence-corrected chi connectivity index (χ4v) is 1.68. The molecule has 2 N–H and O–H groups in total. The second-order valence-corrected chi connectivity index (χ2v) is 3.53. The number of phenolic OH excluding ortho intramolecular Hbond substituents is 1. The summed E-state index contributed by atoms with van der Waals surface area (Å²) in [4.78, 5) is 2.98. The number of aromatic nitrogens is 3. The average Bonchev–Trinajstić information content (AvgIpc) is 2.89. The van der Waals surface area contributed by atoms with Crippen LogP contribution in [0, 0.1) is 0 Å². The molecule has 0 amide bonds. The zero-order chi connectivity index (χ0) is 13.0. The first-order valence-corrected chi connectivity index (χ1v) is 5.94. The number of hydrogen-bond acceptors (Lipinski definition) is 3. The third kappa shape index (κ3) is 2.18. The van der Waals surface area contributed by atoms with Gasteiger partial charge in [-0.2, -0.15) is 0 Å². The lowest BCUT2D eigenvalue weighted by atomic mass is 10.1. The highest BCUT2D eigenvalue weighted by Crippen LogP contribution is 2.27. The lowest BCUT2D eigenvalue weighted by Crippen LogP contribution is -1.88. The van der Waals surface area contributed by atoms with Crippen LogP contribution in [-0.2, 0) is 0 Å². The van der Waals surface area contributed by atoms with Crippen LogP contribution in [0.2, 0.25) is 0 Å². The van der Waals surface area contributed by atoms with Gasteiger partial charge in [0.25, 0.3) is 0 Å². The van der Waals surface area contributed by atoms with Crippen molar-refractivity contribution < 1.29 is 5.11 Å². The number of benzene rings is 1. The predicted octanol–water partition coefficient (Wildman–Crippen LogP) is 3.36. The average molecular weight is 241 g/mol. The van der Waals surface area contributed by atoms with Gasteiger partial charge in [-0.25, -0.2) is 0 Å². The molecule has 92 valence electrons. The Morgan fingerprint density at radius 2 is 1.83 bits per heavy atom. The zero-order valence-corrected chi connectivity index (χ0v) is 10.4. The van der Waals surface area contributed by atoms with Crippen LogP contribution in [-0.4, -0.2) is 20.3 Å². The van der Waals surface area contributed by atoms with Crippen molar-refractivity contribution in [3.8, 4) is 17.0 Å². The van der Waals surface area contributed by atoms with E-state index >= 15 is 0 Å². The molecule has 3 aromatic rings. The summed E-state index contributed by atoms with van der Waals surface area (Å²) < 4.78 is 0. The Hall–Kier alpha value is -2.36. The smallest absolute Gasteiger partial charge is 0.159 e. The molecule has 2 aromatic heterocycles. The van der Waals surface area contributed by atoms with Crippen LogP contribution in [0.4, 0.5) is 0 Å². The molecule has 0 unspecified atom stereocenters. The summed E-state index contributed by atoms with van der Waals surface area (Å²) in [6.07, 6.45) is 1.81. The third-order valence-electron chi connectivity index (χ3n) is 2.49. The number of aromatic hydroxyl groups is 1. The number of H-pyrrole nitrogens is 1. The quantitative estimate of drug-likeness (QED) is 0.686. The summed E-state index contributed by atoms with van der Waals surface area (Å²) in [5, 5.41) is 18.8. The monoisotopic (exact) mass is 241 g/mol. The van der Waals surface area contributed by atoms with Gasteiger partial charge in [0, 0.05) is 17.1 Å². The van der Waals surface area contributed by atoms with Gasteiger partial charge < -0.3 is 10.1 Å². The van der Waals surface area contributed by atoms with Crippen molar-refractivity contribution in [2.45, 2.75) is 13.8 Å². The van der Waals surface area contributed by atoms with Gasteiger partial charge in [-0.15, -0.1) is 10.2 Å². The van der Waals surface area contributed by atoms with E-state index in [2.05, 4.69) is 15.2 Å². The Labute approximate surface area is 105 Å². The van der Waals surface area contributed by atoms with Gasteiger partial charge in [0.1, 0.15) is 5.75 Å². The van der Waals surface area contributed by atoms with Crippen LogP contribution >= 0.6 is 0 Å². The van der Waals surface area contributed by atoms with Gasteiger partial charge in [0.2, 0.25) is 0 Å². The molecule has 18 heavy (non-hydrogen) atoms. The molecule has 0 fully saturated rings. The first-order valence-electron chi connectivity index (χ1n) is 5.94. The zero-order valence-electron chi connectivity index (χ0n) is 10.4. The molecule has 4 heteroatoms. The molecule has 0 saturated heterocycles. The highest BCUT2D eigenvalue weighted by atomic mass is 16.3. The largest absolute Gasteiger partial charge is 0.507 e. The molecule has 1 aromatic carbocycles. The molecule has 0 radical (unpaired) electrons. The van der Waals surface area contributed by atoms with E-state index in [0.29, 0.717) is 11.3 Å². The Morgan fingerprint density at radius 3 is 2.61 bits per heavy atom. The van der Waals surface area contributed by atoms with Gasteiger partial charge in [-0.1, -0.05) is 26.0 Å². The molecule has 4 nitrogen and oxygen atoms in total. The van der Waals surface area contributed by atoms with Crippen molar-refractivity contribution in [3.63, 3.8) is 0 Å². The van der Waals surface area contributed by atoms with Crippen molar-refractivity contribution in [2.75, 3.05) is 0 Å². The maximum Gasteiger partial charge on any atom is 0.159 e. The van der Waals surface area contributed by atoms with E-state index in [-0.39, 0.29) is 5.75 Å². The summed E-state index contributed by atoms with van der Waals surface area (Å²) >= 11 is 0. The number of nitrogens with zero attached hydrogens (tertiary/aromatic N) is 2. The maximum absolute atomic E-state index is 9.71. The van der Waals surface area contributed by atoms with Crippen molar-refractivity contribution >= 4 is 11.0 Å². The lowest BCUT2D eigenvalue weighted by Gasteiger charge is -2.02. The summed E-state index contributed by atoms with van der Waals surface area (Å²) in [5.74, 6) is 0.215. The number of fused-ring (bicyclic) bond motifs is 1. The number of aromatic amines is 1. The van der Waals surface area contributed by atoms with Crippen LogP contribution in [0.3, 0.4) is 0 Å². The van der Waals surface area contributed by atoms with Gasteiger partial charge >= 0.3 is 0 Å². The summed E-state index contributed by atoms with van der Waals surface area (Å²) in [5.41, 5.74) is 2.11. The normalized spacial score (nSPS) is 9.89. The van der Waals surface area contributed by atoms with Gasteiger partial charge in [0.05, 0.1) is 5.69 Å². The molecule has 3 rings (SSSR count). The second kappa shape index (κ2) is 5.31. The van der Waals surface area contributed by atoms with E-state index in [0.717, 1.165) is 11.0 Å². The first kappa shape index (κ1) is 12.1. The van der Waals surface area contributed by atoms with Crippen molar-refractivity contribution in [2.24, 2.45) is 0 Å². The van der Waals surface area contributed by atoms with Crippen LogP contribution in [0.1, 0.15) is 13.8 Å². The van der Waals surface area contributed by atoms with E-state index in [1.165, 1.54) is 0 Å². The SMILES string of the molecule is CC.Oc1ccccc1-c1cc2cc[nH]c2nn1. The lowest BCUT2D eigenvalue weighted by molar-refractivity contribution is 0.477. The molecule has 0 saturated carbocycles. The Morgan fingerprint density at radius 1 is 1.06 bits per heavy atom. The van der Waals surface area contributed by atoms with E-state index in [1.807, 2.05) is 44.3 Å². The topological polar surface area (TPSA) is 61.8 Å². The number of hydrogen-bond donors (Lipinski definition) is 2. The van der Waals surface area contributed by atoms with Gasteiger partial charge in [-0.05, 0) is 24.3 Å². The Kier molecular flexibility index (Phi) is 3.57. The molecule has 0 aliphatic carbocycles. The molecule has 0 aliphatic rings. The van der Waals surface area contributed by atoms with E-state index < -0.39 is 0 Å². The highest BCUT2D eigenvalue weighted by molar-refractivity contribution is 5.80. The van der Waals surface area contributed by atoms with E-state index in [9.17, 15) is 5.11 Å². The van der Waals surface area contributed by atoms with Crippen molar-refractivity contribution in [1.29, 1.82) is 0 Å². The minimum absolute atomic E-state index is 0.215. The van der Waals surface area contributed by atoms with Crippen LogP contribution in [0.25, 0.3) is 22.3 Å². The molecule has 0 bridgehead atoms. The van der Waals surface area contributed by atoms with Crippen molar-refractivity contribution in [1.82, 2.24) is 15.2 Å². The number of rotatable bonds is 1. The molecular weight excluding hydrogens is 226 g/mol. The Bertz CT molecular complexity index is 646. The first-order chi connectivity index (χ1) is 8.84. The van der Waals surface area contributed by atoms with Gasteiger partial charge in [0.15, 0.2) is 5.65 Å². The standard InChI is InChI=1S/C12H9N3O.C2H6/c16-11-4-2-1-3-9(11)10-7-8-5-6-13-12(8)15-14-10;1-2/h1-7,16H,(H,13,15);1-2H3. The summed E-state index contributed by atoms with van der Waals surface area (Å²) in [7, 11) is 0. The highest BCUT2D eigenvalue weighted by Gasteiger charge is 2.06. The fourth-order valence-electron chi connectivity index (χ4n) is 1.68. The third-order valence-corrected chi connectivity index (χ3v) is 2.49. The molecular formula is C14H15N3O. The Balaban J connectivity index is 0.000000574. The number of phenols is 1. The molecule has 0 atom stereocenters. The summed E-state index contributed by atoms with van der Waals surface area (Å²) in [6, 6.07) is 10.9. The molecule has 0 spiro atoms. The second-order valence-electron chi connectivity index (χ2n) is 3.53. The van der Waals surface area contributed by atoms with Crippen molar-refractivity contribution in [3.05, 3.63) is 42.6 Å².